The number of carbonyl (C=O) groups is 1. The molecule has 0 spiro atoms. The van der Waals surface area contributed by atoms with Crippen molar-refractivity contribution < 1.29 is 9.53 Å². The van der Waals surface area contributed by atoms with Gasteiger partial charge in [0.15, 0.2) is 4.33 Å². The van der Waals surface area contributed by atoms with E-state index in [1.54, 1.807) is 0 Å². The molecule has 1 amide bonds. The minimum absolute atomic E-state index is 0.0538. The Bertz CT molecular complexity index is 185. The van der Waals surface area contributed by atoms with Gasteiger partial charge in [0.25, 0.3) is 5.91 Å². The van der Waals surface area contributed by atoms with Crippen LogP contribution in [0.4, 0.5) is 0 Å². The van der Waals surface area contributed by atoms with Gasteiger partial charge in [-0.05, 0) is 19.8 Å². The van der Waals surface area contributed by atoms with Gasteiger partial charge in [-0.3, -0.25) is 4.79 Å². The summed E-state index contributed by atoms with van der Waals surface area (Å²) in [5, 5.41) is 2.73. The van der Waals surface area contributed by atoms with Crippen molar-refractivity contribution in [2.24, 2.45) is 0 Å². The molecule has 1 fully saturated rings. The van der Waals surface area contributed by atoms with E-state index in [2.05, 4.69) is 5.32 Å². The van der Waals surface area contributed by atoms with Gasteiger partial charge in [0.1, 0.15) is 0 Å². The van der Waals surface area contributed by atoms with E-state index < -0.39 is 4.33 Å². The molecule has 3 nitrogen and oxygen atoms in total. The molecule has 76 valence electrons. The minimum atomic E-state index is -1.35. The first-order valence-corrected chi connectivity index (χ1v) is 5.02. The fourth-order valence-corrected chi connectivity index (χ4v) is 1.28. The number of hydrogen-bond donors (Lipinski definition) is 1. The van der Waals surface area contributed by atoms with Crippen LogP contribution in [-0.4, -0.2) is 29.5 Å². The molecular weight excluding hydrogens is 213 g/mol. The van der Waals surface area contributed by atoms with Crippen molar-refractivity contribution in [3.05, 3.63) is 0 Å². The van der Waals surface area contributed by atoms with Crippen LogP contribution in [0.3, 0.4) is 0 Å². The zero-order valence-corrected chi connectivity index (χ0v) is 8.99. The van der Waals surface area contributed by atoms with Gasteiger partial charge >= 0.3 is 0 Å². The molecule has 1 rings (SSSR count). The maximum Gasteiger partial charge on any atom is 0.256 e. The molecule has 1 atom stereocenters. The highest BCUT2D eigenvalue weighted by molar-refractivity contribution is 6.57. The van der Waals surface area contributed by atoms with E-state index in [1.165, 1.54) is 6.92 Å². The summed E-state index contributed by atoms with van der Waals surface area (Å²) in [5.41, 5.74) is 0. The standard InChI is InChI=1S/C8H13Cl2NO2/c1-8(9,10)7(12)11-6-3-2-4-13-5-6/h6H,2-5H2,1H3,(H,11,12)/t6-/m0/s1. The predicted octanol–water partition coefficient (Wildman–Crippen LogP) is 1.48. The predicted molar refractivity (Wildman–Crippen MR) is 52.1 cm³/mol. The summed E-state index contributed by atoms with van der Waals surface area (Å²) in [6.07, 6.45) is 1.89. The first-order valence-electron chi connectivity index (χ1n) is 4.26. The summed E-state index contributed by atoms with van der Waals surface area (Å²) >= 11 is 11.2. The Balaban J connectivity index is 2.35. The molecule has 0 unspecified atom stereocenters. The highest BCUT2D eigenvalue weighted by Gasteiger charge is 2.29. The van der Waals surface area contributed by atoms with E-state index in [1.807, 2.05) is 0 Å². The summed E-state index contributed by atoms with van der Waals surface area (Å²) in [5.74, 6) is -0.355. The zero-order chi connectivity index (χ0) is 9.90. The molecule has 1 aliphatic rings. The molecule has 0 saturated carbocycles. The lowest BCUT2D eigenvalue weighted by Gasteiger charge is -2.25. The average Bonchev–Trinajstić information content (AvgIpc) is 2.04. The molecule has 0 aromatic carbocycles. The Hall–Kier alpha value is 0.01000. The second-order valence-corrected chi connectivity index (χ2v) is 4.98. The summed E-state index contributed by atoms with van der Waals surface area (Å²) in [4.78, 5) is 11.3. The van der Waals surface area contributed by atoms with E-state index in [9.17, 15) is 4.79 Å². The molecule has 5 heteroatoms. The monoisotopic (exact) mass is 225 g/mol. The highest BCUT2D eigenvalue weighted by atomic mass is 35.5. The SMILES string of the molecule is CC(Cl)(Cl)C(=O)N[C@H]1CCCOC1. The highest BCUT2D eigenvalue weighted by Crippen LogP contribution is 2.20. The maximum absolute atomic E-state index is 11.3. The average molecular weight is 226 g/mol. The van der Waals surface area contributed by atoms with Gasteiger partial charge < -0.3 is 10.1 Å². The van der Waals surface area contributed by atoms with Crippen LogP contribution in [0.1, 0.15) is 19.8 Å². The molecule has 0 radical (unpaired) electrons. The number of rotatable bonds is 2. The Labute approximate surface area is 87.7 Å². The number of ether oxygens (including phenoxy) is 1. The third-order valence-electron chi connectivity index (χ3n) is 1.89. The third-order valence-corrected chi connectivity index (χ3v) is 2.24. The first kappa shape index (κ1) is 11.1. The van der Waals surface area contributed by atoms with Crippen LogP contribution in [0, 0.1) is 0 Å². The number of halogens is 2. The Morgan fingerprint density at radius 2 is 2.31 bits per heavy atom. The van der Waals surface area contributed by atoms with Crippen molar-refractivity contribution in [2.45, 2.75) is 30.1 Å². The van der Waals surface area contributed by atoms with Crippen LogP contribution >= 0.6 is 23.2 Å². The number of alkyl halides is 2. The van der Waals surface area contributed by atoms with Crippen LogP contribution in [0.5, 0.6) is 0 Å². The van der Waals surface area contributed by atoms with Gasteiger partial charge in [0.05, 0.1) is 12.6 Å². The Kier molecular flexibility index (Phi) is 3.83. The largest absolute Gasteiger partial charge is 0.379 e. The molecule has 1 N–H and O–H groups in total. The minimum Gasteiger partial charge on any atom is -0.379 e. The van der Waals surface area contributed by atoms with Gasteiger partial charge in [0, 0.05) is 6.61 Å². The Morgan fingerprint density at radius 3 is 2.77 bits per heavy atom. The zero-order valence-electron chi connectivity index (χ0n) is 7.48. The van der Waals surface area contributed by atoms with Crippen molar-refractivity contribution >= 4 is 29.1 Å². The van der Waals surface area contributed by atoms with E-state index in [0.29, 0.717) is 6.61 Å². The van der Waals surface area contributed by atoms with Crippen LogP contribution in [0.15, 0.2) is 0 Å². The number of hydrogen-bond acceptors (Lipinski definition) is 2. The fourth-order valence-electron chi connectivity index (χ4n) is 1.17. The van der Waals surface area contributed by atoms with Gasteiger partial charge in [-0.2, -0.15) is 0 Å². The van der Waals surface area contributed by atoms with Crippen LogP contribution < -0.4 is 5.32 Å². The molecule has 1 saturated heterocycles. The molecule has 0 aliphatic carbocycles. The molecule has 0 aromatic heterocycles. The van der Waals surface area contributed by atoms with Crippen molar-refractivity contribution in [1.29, 1.82) is 0 Å². The topological polar surface area (TPSA) is 38.3 Å². The molecule has 0 bridgehead atoms. The van der Waals surface area contributed by atoms with Crippen LogP contribution in [0.25, 0.3) is 0 Å². The summed E-state index contributed by atoms with van der Waals surface area (Å²) < 4.78 is 3.84. The normalized spacial score (nSPS) is 24.1. The molecule has 13 heavy (non-hydrogen) atoms. The maximum atomic E-state index is 11.3. The van der Waals surface area contributed by atoms with Crippen molar-refractivity contribution in [1.82, 2.24) is 5.32 Å². The fraction of sp³-hybridized carbons (Fsp3) is 0.875. The van der Waals surface area contributed by atoms with Crippen molar-refractivity contribution in [3.8, 4) is 0 Å². The first-order chi connectivity index (χ1) is 6.00. The van der Waals surface area contributed by atoms with E-state index in [-0.39, 0.29) is 11.9 Å². The van der Waals surface area contributed by atoms with Crippen LogP contribution in [-0.2, 0) is 9.53 Å². The smallest absolute Gasteiger partial charge is 0.256 e. The van der Waals surface area contributed by atoms with Crippen molar-refractivity contribution in [3.63, 3.8) is 0 Å². The van der Waals surface area contributed by atoms with E-state index >= 15 is 0 Å². The Morgan fingerprint density at radius 1 is 1.62 bits per heavy atom. The lowest BCUT2D eigenvalue weighted by molar-refractivity contribution is -0.123. The molecule has 1 heterocycles. The number of nitrogens with one attached hydrogen (secondary N) is 1. The van der Waals surface area contributed by atoms with Gasteiger partial charge in [-0.1, -0.05) is 23.2 Å². The molecule has 0 aromatic rings. The summed E-state index contributed by atoms with van der Waals surface area (Å²) in [7, 11) is 0. The molecular formula is C8H13Cl2NO2. The summed E-state index contributed by atoms with van der Waals surface area (Å²) in [6.45, 7) is 2.77. The molecule has 1 aliphatic heterocycles. The van der Waals surface area contributed by atoms with Gasteiger partial charge in [-0.15, -0.1) is 0 Å². The number of carbonyl (C=O) groups excluding carboxylic acids is 1. The lowest BCUT2D eigenvalue weighted by atomic mass is 10.1. The summed E-state index contributed by atoms with van der Waals surface area (Å²) in [6, 6.07) is 0.0538. The van der Waals surface area contributed by atoms with E-state index in [0.717, 1.165) is 19.4 Å². The second kappa shape index (κ2) is 4.49. The second-order valence-electron chi connectivity index (χ2n) is 3.28. The van der Waals surface area contributed by atoms with Crippen molar-refractivity contribution in [2.75, 3.05) is 13.2 Å². The lowest BCUT2D eigenvalue weighted by Crippen LogP contribution is -2.46. The van der Waals surface area contributed by atoms with Gasteiger partial charge in [0.2, 0.25) is 0 Å². The third kappa shape index (κ3) is 3.71. The van der Waals surface area contributed by atoms with Gasteiger partial charge in [-0.25, -0.2) is 0 Å². The van der Waals surface area contributed by atoms with Crippen LogP contribution in [0.2, 0.25) is 0 Å². The van der Waals surface area contributed by atoms with E-state index in [4.69, 9.17) is 27.9 Å². The quantitative estimate of drug-likeness (QED) is 0.724. The number of amides is 1.